The van der Waals surface area contributed by atoms with Gasteiger partial charge in [0, 0.05) is 23.5 Å². The smallest absolute Gasteiger partial charge is 0.263 e. The molecule has 4 aromatic rings. The number of carbonyl (C=O) groups is 1. The molecule has 33 heavy (non-hydrogen) atoms. The summed E-state index contributed by atoms with van der Waals surface area (Å²) < 4.78 is 3.33. The van der Waals surface area contributed by atoms with Crippen LogP contribution in [0, 0.1) is 0 Å². The average molecular weight is 480 g/mol. The van der Waals surface area contributed by atoms with Crippen LogP contribution in [-0.4, -0.2) is 30.5 Å². The molecule has 1 atom stereocenters. The van der Waals surface area contributed by atoms with E-state index in [1.807, 2.05) is 50.2 Å². The zero-order valence-corrected chi connectivity index (χ0v) is 20.3. The topological polar surface area (TPSA) is 81.8 Å². The first kappa shape index (κ1) is 23.0. The van der Waals surface area contributed by atoms with E-state index in [4.69, 9.17) is 4.98 Å². The van der Waals surface area contributed by atoms with Crippen LogP contribution in [0.2, 0.25) is 0 Å². The maximum Gasteiger partial charge on any atom is 0.263 e. The van der Waals surface area contributed by atoms with Gasteiger partial charge in [0.25, 0.3) is 5.56 Å². The highest BCUT2D eigenvalue weighted by Crippen LogP contribution is 2.33. The van der Waals surface area contributed by atoms with Gasteiger partial charge in [-0.2, -0.15) is 5.10 Å². The monoisotopic (exact) mass is 479 g/mol. The van der Waals surface area contributed by atoms with Crippen molar-refractivity contribution in [2.24, 2.45) is 0 Å². The van der Waals surface area contributed by atoms with E-state index in [1.54, 1.807) is 34.5 Å². The molecule has 1 aromatic carbocycles. The van der Waals surface area contributed by atoms with Gasteiger partial charge in [0.05, 0.1) is 16.8 Å². The molecule has 0 saturated carbocycles. The van der Waals surface area contributed by atoms with Crippen molar-refractivity contribution >= 4 is 45.0 Å². The van der Waals surface area contributed by atoms with Crippen molar-refractivity contribution in [1.29, 1.82) is 0 Å². The minimum Gasteiger partial charge on any atom is -0.310 e. The summed E-state index contributed by atoms with van der Waals surface area (Å²) in [6.07, 6.45) is 3.32. The molecule has 7 nitrogen and oxygen atoms in total. The summed E-state index contributed by atoms with van der Waals surface area (Å²) in [7, 11) is 0. The Labute approximate surface area is 200 Å². The molecule has 1 N–H and O–H groups in total. The van der Waals surface area contributed by atoms with Gasteiger partial charge in [0.1, 0.15) is 10.6 Å². The maximum absolute atomic E-state index is 13.3. The molecule has 0 aliphatic heterocycles. The highest BCUT2D eigenvalue weighted by atomic mass is 32.2. The van der Waals surface area contributed by atoms with Gasteiger partial charge < -0.3 is 5.32 Å². The largest absolute Gasteiger partial charge is 0.310 e. The second kappa shape index (κ2) is 9.76. The summed E-state index contributed by atoms with van der Waals surface area (Å²) in [5.74, 6) is 0.457. The second-order valence-electron chi connectivity index (χ2n) is 7.80. The Kier molecular flexibility index (Phi) is 6.80. The van der Waals surface area contributed by atoms with Crippen LogP contribution in [0.3, 0.4) is 0 Å². The SMILES string of the molecule is C=CCn1c(SC(C)C(=O)Nc2ccnn2C(C)C)nc2sc(-c3ccccc3)cc2c1=O. The molecule has 0 aliphatic rings. The first-order chi connectivity index (χ1) is 15.9. The third-order valence-electron chi connectivity index (χ3n) is 5.05. The highest BCUT2D eigenvalue weighted by Gasteiger charge is 2.21. The van der Waals surface area contributed by atoms with Crippen molar-refractivity contribution in [3.63, 3.8) is 0 Å². The minimum atomic E-state index is -0.477. The van der Waals surface area contributed by atoms with Crippen LogP contribution in [0.5, 0.6) is 0 Å². The van der Waals surface area contributed by atoms with Gasteiger partial charge in [-0.15, -0.1) is 17.9 Å². The predicted molar refractivity (Wildman–Crippen MR) is 136 cm³/mol. The number of carbonyl (C=O) groups excluding carboxylic acids is 1. The minimum absolute atomic E-state index is 0.123. The van der Waals surface area contributed by atoms with Crippen molar-refractivity contribution in [3.05, 3.63) is 71.7 Å². The Morgan fingerprint density at radius 1 is 1.24 bits per heavy atom. The average Bonchev–Trinajstić information content (AvgIpc) is 3.44. The van der Waals surface area contributed by atoms with E-state index in [0.29, 0.717) is 27.7 Å². The molecular formula is C24H25N5O2S2. The number of thioether (sulfide) groups is 1. The first-order valence-electron chi connectivity index (χ1n) is 10.6. The molecule has 0 fully saturated rings. The Hall–Kier alpha value is -3.17. The predicted octanol–water partition coefficient (Wildman–Crippen LogP) is 5.21. The lowest BCUT2D eigenvalue weighted by Gasteiger charge is -2.16. The fourth-order valence-electron chi connectivity index (χ4n) is 3.39. The first-order valence-corrected chi connectivity index (χ1v) is 12.3. The summed E-state index contributed by atoms with van der Waals surface area (Å²) in [4.78, 5) is 32.6. The molecule has 0 bridgehead atoms. The summed E-state index contributed by atoms with van der Waals surface area (Å²) in [5.41, 5.74) is 0.908. The van der Waals surface area contributed by atoms with Crippen LogP contribution in [0.4, 0.5) is 5.82 Å². The summed E-state index contributed by atoms with van der Waals surface area (Å²) in [6, 6.07) is 13.7. The number of nitrogens with one attached hydrogen (secondary N) is 1. The number of hydrogen-bond donors (Lipinski definition) is 1. The lowest BCUT2D eigenvalue weighted by molar-refractivity contribution is -0.115. The second-order valence-corrected chi connectivity index (χ2v) is 10.1. The van der Waals surface area contributed by atoms with Crippen molar-refractivity contribution < 1.29 is 4.79 Å². The number of thiophene rings is 1. The van der Waals surface area contributed by atoms with E-state index >= 15 is 0 Å². The Morgan fingerprint density at radius 2 is 2.00 bits per heavy atom. The molecule has 0 saturated heterocycles. The van der Waals surface area contributed by atoms with Crippen LogP contribution < -0.4 is 10.9 Å². The lowest BCUT2D eigenvalue weighted by atomic mass is 10.2. The van der Waals surface area contributed by atoms with E-state index < -0.39 is 5.25 Å². The number of aromatic nitrogens is 4. The number of benzene rings is 1. The Morgan fingerprint density at radius 3 is 2.70 bits per heavy atom. The third kappa shape index (κ3) is 4.79. The van der Waals surface area contributed by atoms with Gasteiger partial charge in [0.15, 0.2) is 5.16 Å². The number of nitrogens with zero attached hydrogens (tertiary/aromatic N) is 4. The standard InChI is InChI=1S/C24H25N5O2S2/c1-5-13-28-23(31)18-14-19(17-9-7-6-8-10-17)33-22(18)27-24(28)32-16(4)21(30)26-20-11-12-25-29(20)15(2)3/h5-12,14-16H,1,13H2,2-4H3,(H,26,30). The molecular weight excluding hydrogens is 454 g/mol. The Balaban J connectivity index is 1.65. The van der Waals surface area contributed by atoms with Gasteiger partial charge in [0.2, 0.25) is 5.91 Å². The van der Waals surface area contributed by atoms with E-state index in [0.717, 1.165) is 10.4 Å². The molecule has 1 unspecified atom stereocenters. The fraction of sp³-hybridized carbons (Fsp3) is 0.250. The van der Waals surface area contributed by atoms with E-state index in [2.05, 4.69) is 17.0 Å². The van der Waals surface area contributed by atoms with Crippen LogP contribution in [-0.2, 0) is 11.3 Å². The zero-order valence-electron chi connectivity index (χ0n) is 18.7. The maximum atomic E-state index is 13.3. The van der Waals surface area contributed by atoms with E-state index in [9.17, 15) is 9.59 Å². The molecule has 0 spiro atoms. The molecule has 1 amide bonds. The molecule has 9 heteroatoms. The number of amides is 1. The van der Waals surface area contributed by atoms with Crippen LogP contribution in [0.25, 0.3) is 20.7 Å². The van der Waals surface area contributed by atoms with Gasteiger partial charge in [-0.3, -0.25) is 14.2 Å². The van der Waals surface area contributed by atoms with Crippen molar-refractivity contribution in [2.75, 3.05) is 5.32 Å². The Bertz CT molecular complexity index is 1350. The number of hydrogen-bond acceptors (Lipinski definition) is 6. The molecule has 170 valence electrons. The van der Waals surface area contributed by atoms with Crippen molar-refractivity contribution in [3.8, 4) is 10.4 Å². The van der Waals surface area contributed by atoms with Crippen LogP contribution in [0.1, 0.15) is 26.8 Å². The number of anilines is 1. The zero-order chi connectivity index (χ0) is 23.5. The number of allylic oxidation sites excluding steroid dienone is 1. The van der Waals surface area contributed by atoms with Gasteiger partial charge in [-0.05, 0) is 32.4 Å². The van der Waals surface area contributed by atoms with E-state index in [-0.39, 0.29) is 17.5 Å². The molecule has 4 rings (SSSR count). The number of fused-ring (bicyclic) bond motifs is 1. The van der Waals surface area contributed by atoms with Gasteiger partial charge in [-0.1, -0.05) is 48.2 Å². The molecule has 0 radical (unpaired) electrons. The normalized spacial score (nSPS) is 12.2. The summed E-state index contributed by atoms with van der Waals surface area (Å²) in [6.45, 7) is 9.89. The molecule has 0 aliphatic carbocycles. The van der Waals surface area contributed by atoms with E-state index in [1.165, 1.54) is 23.1 Å². The lowest BCUT2D eigenvalue weighted by Crippen LogP contribution is -2.27. The molecule has 3 aromatic heterocycles. The molecule has 3 heterocycles. The van der Waals surface area contributed by atoms with Crippen LogP contribution in [0.15, 0.2) is 71.3 Å². The van der Waals surface area contributed by atoms with Crippen molar-refractivity contribution in [2.45, 2.75) is 43.8 Å². The van der Waals surface area contributed by atoms with Crippen molar-refractivity contribution in [1.82, 2.24) is 19.3 Å². The third-order valence-corrected chi connectivity index (χ3v) is 7.22. The highest BCUT2D eigenvalue weighted by molar-refractivity contribution is 8.00. The fourth-order valence-corrected chi connectivity index (χ4v) is 5.38. The quantitative estimate of drug-likeness (QED) is 0.213. The van der Waals surface area contributed by atoms with Gasteiger partial charge in [-0.25, -0.2) is 9.67 Å². The number of rotatable bonds is 8. The summed E-state index contributed by atoms with van der Waals surface area (Å²) >= 11 is 2.73. The van der Waals surface area contributed by atoms with Gasteiger partial charge >= 0.3 is 0 Å². The van der Waals surface area contributed by atoms with Crippen LogP contribution >= 0.6 is 23.1 Å². The summed E-state index contributed by atoms with van der Waals surface area (Å²) in [5, 5.41) is 7.77.